The van der Waals surface area contributed by atoms with Crippen LogP contribution in [0.5, 0.6) is 0 Å². The van der Waals surface area contributed by atoms with Crippen LogP contribution in [0, 0.1) is 0 Å². The number of thioether (sulfide) groups is 2. The van der Waals surface area contributed by atoms with Crippen LogP contribution in [0.3, 0.4) is 0 Å². The zero-order chi connectivity index (χ0) is 15.4. The van der Waals surface area contributed by atoms with Crippen molar-refractivity contribution in [3.63, 3.8) is 0 Å². The van der Waals surface area contributed by atoms with Crippen molar-refractivity contribution in [3.05, 3.63) is 16.9 Å². The summed E-state index contributed by atoms with van der Waals surface area (Å²) in [5, 5.41) is 9.62. The van der Waals surface area contributed by atoms with Gasteiger partial charge in [-0.05, 0) is 6.26 Å². The Morgan fingerprint density at radius 3 is 3.05 bits per heavy atom. The fourth-order valence-electron chi connectivity index (χ4n) is 2.03. The van der Waals surface area contributed by atoms with Crippen molar-refractivity contribution in [2.75, 3.05) is 24.3 Å². The van der Waals surface area contributed by atoms with Gasteiger partial charge in [-0.1, -0.05) is 23.4 Å². The number of halogens is 1. The van der Waals surface area contributed by atoms with Gasteiger partial charge in [-0.3, -0.25) is 9.59 Å². The SMILES string of the molecule is CSc1ncc(Cl)c(C(=O)N2CCSCC2CC(=O)O)n1. The number of aliphatic carboxylic acids is 1. The van der Waals surface area contributed by atoms with Gasteiger partial charge in [0.25, 0.3) is 5.91 Å². The van der Waals surface area contributed by atoms with Crippen LogP contribution in [0.4, 0.5) is 0 Å². The van der Waals surface area contributed by atoms with Crippen LogP contribution in [-0.2, 0) is 4.79 Å². The Kier molecular flexibility index (Phi) is 5.72. The number of hydrogen-bond donors (Lipinski definition) is 1. The summed E-state index contributed by atoms with van der Waals surface area (Å²) in [5.41, 5.74) is 0.137. The van der Waals surface area contributed by atoms with E-state index in [0.29, 0.717) is 17.5 Å². The van der Waals surface area contributed by atoms with E-state index in [1.54, 1.807) is 16.7 Å². The normalized spacial score (nSPS) is 18.6. The quantitative estimate of drug-likeness (QED) is 0.657. The van der Waals surface area contributed by atoms with Gasteiger partial charge in [0, 0.05) is 18.1 Å². The highest BCUT2D eigenvalue weighted by atomic mass is 35.5. The molecule has 9 heteroatoms. The third kappa shape index (κ3) is 4.02. The minimum absolute atomic E-state index is 0.0726. The van der Waals surface area contributed by atoms with Crippen LogP contribution >= 0.6 is 35.1 Å². The molecule has 0 spiro atoms. The van der Waals surface area contributed by atoms with Gasteiger partial charge in [0.2, 0.25) is 0 Å². The first-order valence-corrected chi connectivity index (χ1v) is 8.95. The second kappa shape index (κ2) is 7.33. The van der Waals surface area contributed by atoms with Gasteiger partial charge in [-0.25, -0.2) is 9.97 Å². The summed E-state index contributed by atoms with van der Waals surface area (Å²) in [6.45, 7) is 0.496. The highest BCUT2D eigenvalue weighted by molar-refractivity contribution is 7.99. The molecule has 1 aliphatic rings. The first-order chi connectivity index (χ1) is 10.0. The van der Waals surface area contributed by atoms with Crippen molar-refractivity contribution >= 4 is 47.0 Å². The average molecular weight is 348 g/mol. The number of nitrogens with zero attached hydrogens (tertiary/aromatic N) is 3. The summed E-state index contributed by atoms with van der Waals surface area (Å²) in [6, 6.07) is -0.336. The Morgan fingerprint density at radius 1 is 1.62 bits per heavy atom. The smallest absolute Gasteiger partial charge is 0.305 e. The maximum atomic E-state index is 12.6. The molecule has 1 amide bonds. The van der Waals surface area contributed by atoms with Gasteiger partial charge in [-0.2, -0.15) is 11.8 Å². The molecule has 114 valence electrons. The van der Waals surface area contributed by atoms with Crippen LogP contribution in [0.15, 0.2) is 11.4 Å². The lowest BCUT2D eigenvalue weighted by Gasteiger charge is -2.34. The Bertz CT molecular complexity index is 559. The number of carboxylic acids is 1. The van der Waals surface area contributed by atoms with E-state index in [9.17, 15) is 9.59 Å². The fourth-order valence-corrected chi connectivity index (χ4v) is 3.60. The molecule has 0 aliphatic carbocycles. The predicted molar refractivity (Wildman–Crippen MR) is 83.2 cm³/mol. The Morgan fingerprint density at radius 2 is 2.38 bits per heavy atom. The highest BCUT2D eigenvalue weighted by Crippen LogP contribution is 2.24. The minimum Gasteiger partial charge on any atom is -0.481 e. The maximum Gasteiger partial charge on any atom is 0.305 e. The second-order valence-electron chi connectivity index (χ2n) is 4.38. The van der Waals surface area contributed by atoms with Crippen LogP contribution in [0.1, 0.15) is 16.9 Å². The number of carbonyl (C=O) groups is 2. The summed E-state index contributed by atoms with van der Waals surface area (Å²) in [4.78, 5) is 33.3. The molecule has 0 radical (unpaired) electrons. The first kappa shape index (κ1) is 16.4. The monoisotopic (exact) mass is 347 g/mol. The Hall–Kier alpha value is -0.990. The molecule has 2 heterocycles. The van der Waals surface area contributed by atoms with Crippen LogP contribution in [0.25, 0.3) is 0 Å². The van der Waals surface area contributed by atoms with Crippen molar-refractivity contribution in [3.8, 4) is 0 Å². The van der Waals surface area contributed by atoms with Crippen molar-refractivity contribution in [1.82, 2.24) is 14.9 Å². The van der Waals surface area contributed by atoms with Gasteiger partial charge in [-0.15, -0.1) is 0 Å². The van der Waals surface area contributed by atoms with Gasteiger partial charge in [0.05, 0.1) is 23.7 Å². The Labute approximate surface area is 135 Å². The molecule has 0 bridgehead atoms. The molecule has 1 unspecified atom stereocenters. The van der Waals surface area contributed by atoms with E-state index in [1.807, 2.05) is 6.26 Å². The molecule has 1 atom stereocenters. The lowest BCUT2D eigenvalue weighted by atomic mass is 10.2. The number of amides is 1. The predicted octanol–water partition coefficient (Wildman–Crippen LogP) is 1.88. The molecule has 1 fully saturated rings. The molecule has 1 aliphatic heterocycles. The van der Waals surface area contributed by atoms with E-state index in [2.05, 4.69) is 9.97 Å². The lowest BCUT2D eigenvalue weighted by Crippen LogP contribution is -2.47. The molecular weight excluding hydrogens is 334 g/mol. The third-order valence-corrected chi connectivity index (χ3v) is 4.94. The molecule has 1 aromatic heterocycles. The van der Waals surface area contributed by atoms with Crippen molar-refractivity contribution < 1.29 is 14.7 Å². The highest BCUT2D eigenvalue weighted by Gasteiger charge is 2.31. The molecule has 0 saturated carbocycles. The lowest BCUT2D eigenvalue weighted by molar-refractivity contribution is -0.138. The Balaban J connectivity index is 2.26. The molecule has 6 nitrogen and oxygen atoms in total. The summed E-state index contributed by atoms with van der Waals surface area (Å²) in [6.07, 6.45) is 3.14. The largest absolute Gasteiger partial charge is 0.481 e. The maximum absolute atomic E-state index is 12.6. The van der Waals surface area contributed by atoms with E-state index in [-0.39, 0.29) is 29.1 Å². The number of hydrogen-bond acceptors (Lipinski definition) is 6. The second-order valence-corrected chi connectivity index (χ2v) is 6.71. The van der Waals surface area contributed by atoms with Gasteiger partial charge in [0.15, 0.2) is 10.9 Å². The van der Waals surface area contributed by atoms with Crippen molar-refractivity contribution in [2.24, 2.45) is 0 Å². The van der Waals surface area contributed by atoms with Crippen LogP contribution in [0.2, 0.25) is 5.02 Å². The summed E-state index contributed by atoms with van der Waals surface area (Å²) in [5.74, 6) is 0.138. The zero-order valence-corrected chi connectivity index (χ0v) is 13.7. The first-order valence-electron chi connectivity index (χ1n) is 6.20. The molecule has 1 aromatic rings. The topological polar surface area (TPSA) is 83.4 Å². The summed E-state index contributed by atoms with van der Waals surface area (Å²) >= 11 is 8.98. The third-order valence-electron chi connectivity index (χ3n) is 3.01. The standard InChI is InChI=1S/C12H14ClN3O3S2/c1-20-12-14-5-8(13)10(15-12)11(19)16-2-3-21-6-7(16)4-9(17)18/h5,7H,2-4,6H2,1H3,(H,17,18). The van der Waals surface area contributed by atoms with Crippen LogP contribution in [-0.4, -0.2) is 62.2 Å². The van der Waals surface area contributed by atoms with Crippen LogP contribution < -0.4 is 0 Å². The van der Waals surface area contributed by atoms with Gasteiger partial charge < -0.3 is 10.0 Å². The van der Waals surface area contributed by atoms with Gasteiger partial charge >= 0.3 is 5.97 Å². The molecule has 21 heavy (non-hydrogen) atoms. The summed E-state index contributed by atoms with van der Waals surface area (Å²) in [7, 11) is 0. The van der Waals surface area contributed by atoms with E-state index in [4.69, 9.17) is 16.7 Å². The molecule has 2 rings (SSSR count). The molecule has 0 aromatic carbocycles. The van der Waals surface area contributed by atoms with E-state index >= 15 is 0 Å². The fraction of sp³-hybridized carbons (Fsp3) is 0.500. The molecule has 1 N–H and O–H groups in total. The minimum atomic E-state index is -0.918. The molecule has 1 saturated heterocycles. The van der Waals surface area contributed by atoms with E-state index < -0.39 is 5.97 Å². The number of rotatable bonds is 4. The van der Waals surface area contributed by atoms with E-state index in [1.165, 1.54) is 18.0 Å². The molecular formula is C12H14ClN3O3S2. The van der Waals surface area contributed by atoms with Gasteiger partial charge in [0.1, 0.15) is 0 Å². The zero-order valence-electron chi connectivity index (χ0n) is 11.3. The number of carboxylic acid groups (broad SMARTS) is 1. The van der Waals surface area contributed by atoms with E-state index in [0.717, 1.165) is 5.75 Å². The average Bonchev–Trinajstić information content (AvgIpc) is 2.47. The number of carbonyl (C=O) groups excluding carboxylic acids is 1. The van der Waals surface area contributed by atoms with Crippen molar-refractivity contribution in [1.29, 1.82) is 0 Å². The summed E-state index contributed by atoms with van der Waals surface area (Å²) < 4.78 is 0. The van der Waals surface area contributed by atoms with Crippen molar-refractivity contribution in [2.45, 2.75) is 17.6 Å². The number of aromatic nitrogens is 2.